The molecular formula is C9H7BrClNO. The zero-order valence-corrected chi connectivity index (χ0v) is 9.04. The van der Waals surface area contributed by atoms with E-state index in [1.54, 1.807) is 30.5 Å². The molecule has 1 aromatic heterocycles. The van der Waals surface area contributed by atoms with Crippen LogP contribution in [0.5, 0.6) is 5.75 Å². The van der Waals surface area contributed by atoms with E-state index < -0.39 is 0 Å². The quantitative estimate of drug-likeness (QED) is 0.789. The maximum Gasteiger partial charge on any atom is 0.125 e. The van der Waals surface area contributed by atoms with Crippen molar-refractivity contribution in [3.8, 4) is 5.75 Å². The number of aromatic nitrogens is 1. The first kappa shape index (κ1) is 10.3. The van der Waals surface area contributed by atoms with Gasteiger partial charge in [-0.3, -0.25) is 4.98 Å². The van der Waals surface area contributed by atoms with Gasteiger partial charge in [-0.05, 0) is 24.3 Å². The summed E-state index contributed by atoms with van der Waals surface area (Å²) in [5.74, 6) is 0.211. The standard InChI is InChI=1S/C9H6ClNO.BrH/c10-7-3-4-8(12)6-2-1-5-11-9(6)7;/h1-5,12H;1H. The molecule has 4 heteroatoms. The third kappa shape index (κ3) is 1.76. The SMILES string of the molecule is Br.Oc1ccc(Cl)c2ncccc12. The number of phenolic OH excluding ortho intramolecular Hbond substituents is 1. The minimum absolute atomic E-state index is 0. The lowest BCUT2D eigenvalue weighted by Crippen LogP contribution is -1.78. The van der Waals surface area contributed by atoms with Gasteiger partial charge in [-0.1, -0.05) is 11.6 Å². The smallest absolute Gasteiger partial charge is 0.125 e. The van der Waals surface area contributed by atoms with Crippen LogP contribution in [-0.4, -0.2) is 10.1 Å². The largest absolute Gasteiger partial charge is 0.507 e. The highest BCUT2D eigenvalue weighted by Crippen LogP contribution is 2.28. The zero-order valence-electron chi connectivity index (χ0n) is 6.57. The number of fused-ring (bicyclic) bond motifs is 1. The molecule has 0 spiro atoms. The number of rotatable bonds is 0. The fraction of sp³-hybridized carbons (Fsp3) is 0. The highest BCUT2D eigenvalue weighted by molar-refractivity contribution is 8.93. The number of aromatic hydroxyl groups is 1. The Morgan fingerprint density at radius 3 is 2.69 bits per heavy atom. The lowest BCUT2D eigenvalue weighted by Gasteiger charge is -2.00. The number of phenols is 1. The van der Waals surface area contributed by atoms with E-state index in [-0.39, 0.29) is 22.7 Å². The van der Waals surface area contributed by atoms with E-state index in [4.69, 9.17) is 11.6 Å². The molecule has 0 bridgehead atoms. The van der Waals surface area contributed by atoms with E-state index in [0.29, 0.717) is 15.9 Å². The summed E-state index contributed by atoms with van der Waals surface area (Å²) in [7, 11) is 0. The Morgan fingerprint density at radius 2 is 2.00 bits per heavy atom. The van der Waals surface area contributed by atoms with Crippen LogP contribution in [-0.2, 0) is 0 Å². The summed E-state index contributed by atoms with van der Waals surface area (Å²) in [5.41, 5.74) is 0.638. The van der Waals surface area contributed by atoms with Gasteiger partial charge in [-0.25, -0.2) is 0 Å². The lowest BCUT2D eigenvalue weighted by molar-refractivity contribution is 0.481. The van der Waals surface area contributed by atoms with Crippen molar-refractivity contribution in [2.45, 2.75) is 0 Å². The molecule has 0 fully saturated rings. The molecular weight excluding hydrogens is 253 g/mol. The first-order valence-electron chi connectivity index (χ1n) is 3.51. The van der Waals surface area contributed by atoms with E-state index in [2.05, 4.69) is 4.98 Å². The first-order chi connectivity index (χ1) is 5.79. The van der Waals surface area contributed by atoms with Crippen molar-refractivity contribution in [3.05, 3.63) is 35.5 Å². The van der Waals surface area contributed by atoms with Gasteiger partial charge >= 0.3 is 0 Å². The van der Waals surface area contributed by atoms with Crippen LogP contribution in [0.4, 0.5) is 0 Å². The van der Waals surface area contributed by atoms with Gasteiger partial charge in [0.1, 0.15) is 5.75 Å². The van der Waals surface area contributed by atoms with E-state index in [9.17, 15) is 5.11 Å². The molecule has 0 radical (unpaired) electrons. The van der Waals surface area contributed by atoms with Gasteiger partial charge in [-0.15, -0.1) is 17.0 Å². The molecule has 0 aliphatic rings. The van der Waals surface area contributed by atoms with Crippen molar-refractivity contribution < 1.29 is 5.11 Å². The number of hydrogen-bond donors (Lipinski definition) is 1. The second kappa shape index (κ2) is 3.94. The maximum absolute atomic E-state index is 9.40. The number of pyridine rings is 1. The van der Waals surface area contributed by atoms with Gasteiger partial charge in [0.15, 0.2) is 0 Å². The van der Waals surface area contributed by atoms with Crippen molar-refractivity contribution in [2.75, 3.05) is 0 Å². The molecule has 1 heterocycles. The minimum Gasteiger partial charge on any atom is -0.507 e. The molecule has 2 aromatic rings. The number of nitrogens with zero attached hydrogens (tertiary/aromatic N) is 1. The fourth-order valence-electron chi connectivity index (χ4n) is 1.12. The molecule has 0 aliphatic carbocycles. The van der Waals surface area contributed by atoms with Crippen LogP contribution >= 0.6 is 28.6 Å². The second-order valence-electron chi connectivity index (χ2n) is 2.47. The van der Waals surface area contributed by atoms with Crippen LogP contribution in [0.15, 0.2) is 30.5 Å². The predicted molar refractivity (Wildman–Crippen MR) is 58.7 cm³/mol. The summed E-state index contributed by atoms with van der Waals surface area (Å²) in [6, 6.07) is 6.74. The van der Waals surface area contributed by atoms with Crippen LogP contribution in [0.2, 0.25) is 5.02 Å². The molecule has 0 unspecified atom stereocenters. The van der Waals surface area contributed by atoms with Gasteiger partial charge in [0, 0.05) is 11.6 Å². The summed E-state index contributed by atoms with van der Waals surface area (Å²) in [6.07, 6.45) is 1.65. The Balaban J connectivity index is 0.000000845. The van der Waals surface area contributed by atoms with Crippen LogP contribution in [0.25, 0.3) is 10.9 Å². The molecule has 0 saturated heterocycles. The summed E-state index contributed by atoms with van der Waals surface area (Å²) in [5, 5.41) is 10.6. The Morgan fingerprint density at radius 1 is 1.23 bits per heavy atom. The van der Waals surface area contributed by atoms with Crippen LogP contribution in [0.3, 0.4) is 0 Å². The lowest BCUT2D eigenvalue weighted by atomic mass is 10.2. The second-order valence-corrected chi connectivity index (χ2v) is 2.87. The summed E-state index contributed by atoms with van der Waals surface area (Å²) in [4.78, 5) is 4.05. The summed E-state index contributed by atoms with van der Waals surface area (Å²) >= 11 is 5.86. The topological polar surface area (TPSA) is 33.1 Å². The zero-order chi connectivity index (χ0) is 8.55. The number of hydrogen-bond acceptors (Lipinski definition) is 2. The molecule has 0 saturated carbocycles. The van der Waals surface area contributed by atoms with Crippen LogP contribution in [0, 0.1) is 0 Å². The minimum atomic E-state index is 0. The van der Waals surface area contributed by atoms with Gasteiger partial charge in [0.05, 0.1) is 10.5 Å². The van der Waals surface area contributed by atoms with Crippen molar-refractivity contribution in [3.63, 3.8) is 0 Å². The van der Waals surface area contributed by atoms with Crippen LogP contribution < -0.4 is 0 Å². The number of halogens is 2. The average molecular weight is 261 g/mol. The van der Waals surface area contributed by atoms with Gasteiger partial charge in [0.2, 0.25) is 0 Å². The van der Waals surface area contributed by atoms with E-state index in [0.717, 1.165) is 0 Å². The highest BCUT2D eigenvalue weighted by Gasteiger charge is 2.02. The molecule has 2 nitrogen and oxygen atoms in total. The van der Waals surface area contributed by atoms with Gasteiger partial charge < -0.3 is 5.11 Å². The molecule has 1 N–H and O–H groups in total. The van der Waals surface area contributed by atoms with E-state index in [1.165, 1.54) is 0 Å². The van der Waals surface area contributed by atoms with Crippen molar-refractivity contribution in [1.82, 2.24) is 4.98 Å². The molecule has 13 heavy (non-hydrogen) atoms. The molecule has 0 aliphatic heterocycles. The van der Waals surface area contributed by atoms with Gasteiger partial charge in [-0.2, -0.15) is 0 Å². The predicted octanol–water partition coefficient (Wildman–Crippen LogP) is 3.17. The van der Waals surface area contributed by atoms with Crippen molar-refractivity contribution in [2.24, 2.45) is 0 Å². The maximum atomic E-state index is 9.40. The number of benzene rings is 1. The fourth-order valence-corrected chi connectivity index (χ4v) is 1.34. The summed E-state index contributed by atoms with van der Waals surface area (Å²) < 4.78 is 0. The molecule has 0 amide bonds. The molecule has 0 atom stereocenters. The normalized spacial score (nSPS) is 9.62. The van der Waals surface area contributed by atoms with Crippen molar-refractivity contribution in [1.29, 1.82) is 0 Å². The van der Waals surface area contributed by atoms with E-state index in [1.807, 2.05) is 0 Å². The third-order valence-electron chi connectivity index (χ3n) is 1.70. The molecule has 2 rings (SSSR count). The average Bonchev–Trinajstić information content (AvgIpc) is 2.12. The summed E-state index contributed by atoms with van der Waals surface area (Å²) in [6.45, 7) is 0. The van der Waals surface area contributed by atoms with Crippen molar-refractivity contribution >= 4 is 39.5 Å². The Kier molecular flexibility index (Phi) is 3.12. The first-order valence-corrected chi connectivity index (χ1v) is 3.89. The highest BCUT2D eigenvalue weighted by atomic mass is 79.9. The van der Waals surface area contributed by atoms with Crippen LogP contribution in [0.1, 0.15) is 0 Å². The monoisotopic (exact) mass is 259 g/mol. The van der Waals surface area contributed by atoms with E-state index >= 15 is 0 Å². The Hall–Kier alpha value is -0.800. The third-order valence-corrected chi connectivity index (χ3v) is 2.00. The van der Waals surface area contributed by atoms with Gasteiger partial charge in [0.25, 0.3) is 0 Å². The Bertz CT molecular complexity index is 392. The molecule has 68 valence electrons. The Labute approximate surface area is 90.9 Å². The molecule has 1 aromatic carbocycles.